The van der Waals surface area contributed by atoms with Gasteiger partial charge in [-0.15, -0.1) is 0 Å². The highest BCUT2D eigenvalue weighted by Crippen LogP contribution is 2.36. The number of rotatable bonds is 14. The lowest BCUT2D eigenvalue weighted by molar-refractivity contribution is -0.150. The normalized spacial score (nSPS) is 15.4. The summed E-state index contributed by atoms with van der Waals surface area (Å²) in [6.45, 7) is 5.56. The van der Waals surface area contributed by atoms with Gasteiger partial charge in [-0.05, 0) is 94.1 Å². The number of amides is 2. The van der Waals surface area contributed by atoms with Gasteiger partial charge in [-0.25, -0.2) is 16.8 Å². The lowest BCUT2D eigenvalue weighted by Crippen LogP contribution is -2.40. The van der Waals surface area contributed by atoms with Gasteiger partial charge in [0.2, 0.25) is 0 Å². The molecule has 16 nitrogen and oxygen atoms in total. The fourth-order valence-corrected chi connectivity index (χ4v) is 9.11. The highest BCUT2D eigenvalue weighted by atomic mass is 32.2. The smallest absolute Gasteiger partial charge is 0.309 e. The summed E-state index contributed by atoms with van der Waals surface area (Å²) in [6.07, 6.45) is 1.92. The van der Waals surface area contributed by atoms with Gasteiger partial charge in [-0.2, -0.15) is 0 Å². The van der Waals surface area contributed by atoms with Crippen LogP contribution in [0.1, 0.15) is 60.2 Å². The quantitative estimate of drug-likeness (QED) is 0.221. The third-order valence-electron chi connectivity index (χ3n) is 9.60. The van der Waals surface area contributed by atoms with E-state index >= 15 is 0 Å². The van der Waals surface area contributed by atoms with Crippen molar-refractivity contribution in [2.24, 2.45) is 11.8 Å². The number of piperidine rings is 2. The lowest BCUT2D eigenvalue weighted by atomic mass is 9.96. The molecule has 2 amide bonds. The highest BCUT2D eigenvalue weighted by molar-refractivity contribution is 7.93. The number of carbonyl (C=O) groups is 4. The number of esters is 2. The maximum atomic E-state index is 13.7. The first kappa shape index (κ1) is 41.8. The van der Waals surface area contributed by atoms with Crippen molar-refractivity contribution in [2.75, 3.05) is 63.1 Å². The second-order valence-corrected chi connectivity index (χ2v) is 16.5. The maximum Gasteiger partial charge on any atom is 0.309 e. The summed E-state index contributed by atoms with van der Waals surface area (Å²) >= 11 is 0. The molecule has 2 fully saturated rings. The van der Waals surface area contributed by atoms with E-state index in [4.69, 9.17) is 18.9 Å². The molecular formula is C38H46N4O12S2. The van der Waals surface area contributed by atoms with Gasteiger partial charge in [0.05, 0.1) is 39.3 Å². The van der Waals surface area contributed by atoms with Crippen LogP contribution < -0.4 is 18.9 Å². The van der Waals surface area contributed by atoms with Crippen LogP contribution in [0.15, 0.2) is 70.5 Å². The van der Waals surface area contributed by atoms with Gasteiger partial charge < -0.3 is 28.7 Å². The van der Waals surface area contributed by atoms with Gasteiger partial charge in [0, 0.05) is 54.7 Å². The topological polar surface area (TPSA) is 204 Å². The van der Waals surface area contributed by atoms with E-state index in [0.29, 0.717) is 76.2 Å². The van der Waals surface area contributed by atoms with Crippen molar-refractivity contribution in [3.63, 3.8) is 0 Å². The predicted molar refractivity (Wildman–Crippen MR) is 205 cm³/mol. The lowest BCUT2D eigenvalue weighted by Gasteiger charge is -2.31. The highest BCUT2D eigenvalue weighted by Gasteiger charge is 2.32. The van der Waals surface area contributed by atoms with E-state index < -0.39 is 29.8 Å². The average molecular weight is 815 g/mol. The van der Waals surface area contributed by atoms with E-state index in [1.807, 2.05) is 0 Å². The molecule has 2 N–H and O–H groups in total. The van der Waals surface area contributed by atoms with Crippen molar-refractivity contribution < 1.29 is 55.0 Å². The van der Waals surface area contributed by atoms with E-state index in [0.717, 1.165) is 12.1 Å². The average Bonchev–Trinajstić information content (AvgIpc) is 3.20. The number of likely N-dealkylation sites (tertiary alicyclic amines) is 2. The fourth-order valence-electron chi connectivity index (χ4n) is 6.57. The summed E-state index contributed by atoms with van der Waals surface area (Å²) < 4.78 is 80.5. The van der Waals surface area contributed by atoms with Crippen molar-refractivity contribution in [3.05, 3.63) is 71.8 Å². The Morgan fingerprint density at radius 3 is 1.23 bits per heavy atom. The SMILES string of the molecule is CCOC(=O)C1CCN(C(=O)c2ccc(NS(=O)(=O)c3cc(S(=O)(=O)Nc4ccc(C(=O)N5CCC(C(=O)OCC)CC5)cc4)c(OC)cc3OC)cc2)CC1. The first-order valence-corrected chi connectivity index (χ1v) is 21.1. The second-order valence-electron chi connectivity index (χ2n) is 13.2. The van der Waals surface area contributed by atoms with Crippen molar-refractivity contribution in [1.82, 2.24) is 9.80 Å². The van der Waals surface area contributed by atoms with Crippen molar-refractivity contribution in [3.8, 4) is 11.5 Å². The summed E-state index contributed by atoms with van der Waals surface area (Å²) in [7, 11) is -6.51. The van der Waals surface area contributed by atoms with Crippen LogP contribution in [0.4, 0.5) is 11.4 Å². The van der Waals surface area contributed by atoms with Crippen molar-refractivity contribution in [1.29, 1.82) is 0 Å². The van der Waals surface area contributed by atoms with E-state index in [1.54, 1.807) is 23.6 Å². The van der Waals surface area contributed by atoms with Crippen LogP contribution in [0.5, 0.6) is 11.5 Å². The zero-order chi connectivity index (χ0) is 40.6. The molecule has 2 saturated heterocycles. The molecule has 0 aromatic heterocycles. The number of methoxy groups -OCH3 is 2. The number of carbonyl (C=O) groups excluding carboxylic acids is 4. The number of hydrogen-bond acceptors (Lipinski definition) is 12. The predicted octanol–water partition coefficient (Wildman–Crippen LogP) is 4.14. The zero-order valence-electron chi connectivity index (χ0n) is 31.6. The number of anilines is 2. The third-order valence-corrected chi connectivity index (χ3v) is 12.4. The number of benzene rings is 3. The van der Waals surface area contributed by atoms with Crippen LogP contribution in [0.2, 0.25) is 0 Å². The van der Waals surface area contributed by atoms with E-state index in [9.17, 15) is 36.0 Å². The van der Waals surface area contributed by atoms with Crippen molar-refractivity contribution in [2.45, 2.75) is 49.3 Å². The summed E-state index contributed by atoms with van der Waals surface area (Å²) in [5.74, 6) is -1.99. The molecular weight excluding hydrogens is 769 g/mol. The van der Waals surface area contributed by atoms with E-state index in [1.165, 1.54) is 62.8 Å². The largest absolute Gasteiger partial charge is 0.495 e. The molecule has 0 saturated carbocycles. The van der Waals surface area contributed by atoms with Gasteiger partial charge in [-0.1, -0.05) is 0 Å². The Labute approximate surface area is 326 Å². The van der Waals surface area contributed by atoms with E-state index in [2.05, 4.69) is 9.44 Å². The minimum Gasteiger partial charge on any atom is -0.495 e. The monoisotopic (exact) mass is 814 g/mol. The summed E-state index contributed by atoms with van der Waals surface area (Å²) in [6, 6.07) is 13.6. The Morgan fingerprint density at radius 1 is 0.589 bits per heavy atom. The van der Waals surface area contributed by atoms with Crippen LogP contribution in [-0.2, 0) is 39.1 Å². The summed E-state index contributed by atoms with van der Waals surface area (Å²) in [4.78, 5) is 52.7. The molecule has 0 spiro atoms. The Kier molecular flexibility index (Phi) is 13.5. The number of ether oxygens (including phenoxy) is 4. The molecule has 3 aromatic carbocycles. The Hall–Kier alpha value is -5.36. The van der Waals surface area contributed by atoms with Gasteiger partial charge in [-0.3, -0.25) is 28.6 Å². The van der Waals surface area contributed by atoms with Gasteiger partial charge in [0.15, 0.2) is 0 Å². The molecule has 18 heteroatoms. The number of sulfonamides is 2. The molecule has 0 unspecified atom stereocenters. The molecule has 0 aliphatic carbocycles. The molecule has 2 heterocycles. The number of nitrogens with zero attached hydrogens (tertiary/aromatic N) is 2. The minimum atomic E-state index is -4.48. The van der Waals surface area contributed by atoms with Gasteiger partial charge in [0.25, 0.3) is 31.9 Å². The Morgan fingerprint density at radius 2 is 0.929 bits per heavy atom. The first-order chi connectivity index (χ1) is 26.7. The summed E-state index contributed by atoms with van der Waals surface area (Å²) in [5.41, 5.74) is 0.830. The minimum absolute atomic E-state index is 0.0981. The number of nitrogens with one attached hydrogen (secondary N) is 2. The third kappa shape index (κ3) is 9.71. The first-order valence-electron chi connectivity index (χ1n) is 18.1. The van der Waals surface area contributed by atoms with Crippen LogP contribution in [0, 0.1) is 11.8 Å². The molecule has 0 radical (unpaired) electrons. The molecule has 56 heavy (non-hydrogen) atoms. The fraction of sp³-hybridized carbons (Fsp3) is 0.421. The molecule has 302 valence electrons. The second kappa shape index (κ2) is 18.1. The molecule has 2 aliphatic rings. The van der Waals surface area contributed by atoms with Crippen LogP contribution in [0.3, 0.4) is 0 Å². The molecule has 5 rings (SSSR count). The van der Waals surface area contributed by atoms with Crippen LogP contribution in [0.25, 0.3) is 0 Å². The molecule has 0 atom stereocenters. The molecule has 3 aromatic rings. The van der Waals surface area contributed by atoms with Crippen LogP contribution >= 0.6 is 0 Å². The van der Waals surface area contributed by atoms with Gasteiger partial charge in [0.1, 0.15) is 21.3 Å². The molecule has 2 aliphatic heterocycles. The zero-order valence-corrected chi connectivity index (χ0v) is 33.2. The number of hydrogen-bond donors (Lipinski definition) is 2. The van der Waals surface area contributed by atoms with Crippen molar-refractivity contribution >= 4 is 55.2 Å². The standard InChI is InChI=1S/C38H46N4O12S2/c1-5-53-37(45)27-15-19-41(20-16-27)35(43)25-7-11-29(12-8-25)39-55(47,48)33-24-34(32(52-4)23-31(33)51-3)56(49,50)40-30-13-9-26(10-14-30)36(44)42-21-17-28(18-22-42)38(46)54-6-2/h7-14,23-24,27-28,39-40H,5-6,15-22H2,1-4H3. The Balaban J connectivity index is 1.27. The summed E-state index contributed by atoms with van der Waals surface area (Å²) in [5, 5.41) is 0. The maximum absolute atomic E-state index is 13.7. The molecule has 0 bridgehead atoms. The Bertz CT molecular complexity index is 1980. The van der Waals surface area contributed by atoms with Gasteiger partial charge >= 0.3 is 11.9 Å². The van der Waals surface area contributed by atoms with E-state index in [-0.39, 0.29) is 58.5 Å². The van der Waals surface area contributed by atoms with Crippen LogP contribution in [-0.4, -0.2) is 104 Å².